The molecule has 0 radical (unpaired) electrons. The molecule has 0 saturated heterocycles. The van der Waals surface area contributed by atoms with Gasteiger partial charge < -0.3 is 14.7 Å². The molecule has 2 N–H and O–H groups in total. The summed E-state index contributed by atoms with van der Waals surface area (Å²) in [6.07, 6.45) is 3.24. The lowest BCUT2D eigenvalue weighted by Crippen LogP contribution is -2.12. The van der Waals surface area contributed by atoms with E-state index in [1.165, 1.54) is 12.1 Å². The Kier molecular flexibility index (Phi) is 5.56. The van der Waals surface area contributed by atoms with E-state index < -0.39 is 11.7 Å². The van der Waals surface area contributed by atoms with Crippen molar-refractivity contribution >= 4 is 16.9 Å². The highest BCUT2D eigenvalue weighted by Crippen LogP contribution is 2.35. The Labute approximate surface area is 192 Å². The number of aromatic nitrogens is 5. The third-order valence-corrected chi connectivity index (χ3v) is 5.55. The molecule has 0 atom stereocenters. The first-order valence-corrected chi connectivity index (χ1v) is 10.7. The number of pyridine rings is 1. The highest BCUT2D eigenvalue weighted by Gasteiger charge is 2.33. The Morgan fingerprint density at radius 3 is 2.74 bits per heavy atom. The standard InChI is InChI=1S/C24H21F3N6O/c1-33-14-17(13-30-33)15-4-5-16(19(11-15)24(25,26)27)12-29-20-8-9-28-23-22(20)31-21(32-23)7-6-18-3-2-10-34-18/h2-5,8-11,13-14H,6-7,12H2,1H3,(H2,28,29,31,32). The second kappa shape index (κ2) is 8.69. The molecule has 1 aromatic carbocycles. The van der Waals surface area contributed by atoms with Gasteiger partial charge in [0.05, 0.1) is 23.7 Å². The van der Waals surface area contributed by atoms with Gasteiger partial charge in [0.2, 0.25) is 0 Å². The summed E-state index contributed by atoms with van der Waals surface area (Å²) >= 11 is 0. The Morgan fingerprint density at radius 2 is 2.00 bits per heavy atom. The molecule has 5 aromatic rings. The van der Waals surface area contributed by atoms with Crippen molar-refractivity contribution in [2.75, 3.05) is 5.32 Å². The van der Waals surface area contributed by atoms with E-state index in [1.807, 2.05) is 12.1 Å². The van der Waals surface area contributed by atoms with Crippen molar-refractivity contribution in [2.45, 2.75) is 25.6 Å². The van der Waals surface area contributed by atoms with Crippen LogP contribution in [0.5, 0.6) is 0 Å². The first-order valence-electron chi connectivity index (χ1n) is 10.7. The molecule has 4 heterocycles. The molecule has 10 heteroatoms. The molecule has 4 aromatic heterocycles. The maximum Gasteiger partial charge on any atom is 0.416 e. The Morgan fingerprint density at radius 1 is 1.12 bits per heavy atom. The van der Waals surface area contributed by atoms with Gasteiger partial charge in [0, 0.05) is 44.4 Å². The van der Waals surface area contributed by atoms with Crippen LogP contribution in [0.2, 0.25) is 0 Å². The van der Waals surface area contributed by atoms with E-state index >= 15 is 0 Å². The molecule has 34 heavy (non-hydrogen) atoms. The maximum atomic E-state index is 13.9. The number of imidazole rings is 1. The van der Waals surface area contributed by atoms with Gasteiger partial charge in [-0.05, 0) is 35.4 Å². The van der Waals surface area contributed by atoms with Gasteiger partial charge in [-0.25, -0.2) is 9.97 Å². The molecule has 0 bridgehead atoms. The lowest BCUT2D eigenvalue weighted by atomic mass is 10.0. The van der Waals surface area contributed by atoms with Gasteiger partial charge >= 0.3 is 6.18 Å². The minimum Gasteiger partial charge on any atom is -0.469 e. The zero-order valence-corrected chi connectivity index (χ0v) is 18.2. The number of rotatable bonds is 7. The number of aromatic amines is 1. The number of nitrogens with zero attached hydrogens (tertiary/aromatic N) is 4. The van der Waals surface area contributed by atoms with Crippen LogP contribution >= 0.6 is 0 Å². The Hall–Kier alpha value is -4.08. The number of hydrogen-bond donors (Lipinski definition) is 2. The van der Waals surface area contributed by atoms with E-state index in [0.717, 1.165) is 11.6 Å². The fraction of sp³-hybridized carbons (Fsp3) is 0.208. The van der Waals surface area contributed by atoms with E-state index in [2.05, 4.69) is 25.4 Å². The lowest BCUT2D eigenvalue weighted by molar-refractivity contribution is -0.138. The van der Waals surface area contributed by atoms with Crippen molar-refractivity contribution in [1.82, 2.24) is 24.7 Å². The van der Waals surface area contributed by atoms with Crippen molar-refractivity contribution in [3.05, 3.63) is 84.0 Å². The quantitative estimate of drug-likeness (QED) is 0.337. The van der Waals surface area contributed by atoms with Crippen LogP contribution in [-0.2, 0) is 32.6 Å². The van der Waals surface area contributed by atoms with E-state index in [1.54, 1.807) is 48.7 Å². The van der Waals surface area contributed by atoms with Crippen LogP contribution in [0.25, 0.3) is 22.3 Å². The molecule has 0 saturated carbocycles. The van der Waals surface area contributed by atoms with Gasteiger partial charge in [0.15, 0.2) is 5.65 Å². The monoisotopic (exact) mass is 466 g/mol. The summed E-state index contributed by atoms with van der Waals surface area (Å²) < 4.78 is 48.5. The first-order chi connectivity index (χ1) is 16.4. The number of aryl methyl sites for hydroxylation is 3. The number of anilines is 1. The summed E-state index contributed by atoms with van der Waals surface area (Å²) in [7, 11) is 1.72. The molecule has 174 valence electrons. The van der Waals surface area contributed by atoms with E-state index in [-0.39, 0.29) is 12.1 Å². The van der Waals surface area contributed by atoms with Gasteiger partial charge in [-0.3, -0.25) is 4.68 Å². The lowest BCUT2D eigenvalue weighted by Gasteiger charge is -2.15. The molecule has 0 aliphatic carbocycles. The maximum absolute atomic E-state index is 13.9. The number of hydrogen-bond acceptors (Lipinski definition) is 5. The molecule has 0 fully saturated rings. The second-order valence-corrected chi connectivity index (χ2v) is 7.95. The fourth-order valence-electron chi connectivity index (χ4n) is 3.86. The first kappa shape index (κ1) is 21.7. The van der Waals surface area contributed by atoms with Crippen LogP contribution in [0, 0.1) is 0 Å². The minimum atomic E-state index is -4.49. The molecule has 0 aliphatic heterocycles. The average molecular weight is 466 g/mol. The number of halogens is 3. The van der Waals surface area contributed by atoms with Crippen molar-refractivity contribution in [1.29, 1.82) is 0 Å². The molecule has 0 aliphatic rings. The zero-order valence-electron chi connectivity index (χ0n) is 18.2. The van der Waals surface area contributed by atoms with Crippen LogP contribution in [-0.4, -0.2) is 24.7 Å². The molecule has 5 rings (SSSR count). The van der Waals surface area contributed by atoms with Gasteiger partial charge in [0.1, 0.15) is 17.1 Å². The normalized spacial score (nSPS) is 11.9. The SMILES string of the molecule is Cn1cc(-c2ccc(CNc3ccnc4nc(CCc5ccco5)[nH]c34)c(C(F)(F)F)c2)cn1. The van der Waals surface area contributed by atoms with Gasteiger partial charge in [-0.15, -0.1) is 0 Å². The van der Waals surface area contributed by atoms with E-state index in [0.29, 0.717) is 40.8 Å². The van der Waals surface area contributed by atoms with Gasteiger partial charge in [-0.2, -0.15) is 18.3 Å². The number of fused-ring (bicyclic) bond motifs is 1. The van der Waals surface area contributed by atoms with Crippen LogP contribution in [0.4, 0.5) is 18.9 Å². The van der Waals surface area contributed by atoms with E-state index in [4.69, 9.17) is 4.42 Å². The number of furan rings is 1. The van der Waals surface area contributed by atoms with Crippen molar-refractivity contribution < 1.29 is 17.6 Å². The summed E-state index contributed by atoms with van der Waals surface area (Å²) in [5, 5.41) is 7.16. The fourth-order valence-corrected chi connectivity index (χ4v) is 3.86. The predicted octanol–water partition coefficient (Wildman–Crippen LogP) is 5.37. The molecule has 0 amide bonds. The third-order valence-electron chi connectivity index (χ3n) is 5.55. The van der Waals surface area contributed by atoms with Crippen LogP contribution in [0.1, 0.15) is 22.7 Å². The van der Waals surface area contributed by atoms with Crippen molar-refractivity contribution in [2.24, 2.45) is 7.05 Å². The molecular formula is C24H21F3N6O. The highest BCUT2D eigenvalue weighted by atomic mass is 19.4. The largest absolute Gasteiger partial charge is 0.469 e. The van der Waals surface area contributed by atoms with Gasteiger partial charge in [-0.1, -0.05) is 12.1 Å². The van der Waals surface area contributed by atoms with Crippen LogP contribution in [0.3, 0.4) is 0 Å². The minimum absolute atomic E-state index is 0.0119. The van der Waals surface area contributed by atoms with Crippen LogP contribution in [0.15, 0.2) is 65.7 Å². The molecule has 0 unspecified atom stereocenters. The molecular weight excluding hydrogens is 445 g/mol. The van der Waals surface area contributed by atoms with Gasteiger partial charge in [0.25, 0.3) is 0 Å². The average Bonchev–Trinajstić information content (AvgIpc) is 3.56. The summed E-state index contributed by atoms with van der Waals surface area (Å²) in [6, 6.07) is 9.78. The smallest absolute Gasteiger partial charge is 0.416 e. The summed E-state index contributed by atoms with van der Waals surface area (Å²) in [5.74, 6) is 1.58. The topological polar surface area (TPSA) is 84.6 Å². The third kappa shape index (κ3) is 4.52. The summed E-state index contributed by atoms with van der Waals surface area (Å²) in [5.41, 5.74) is 2.33. The number of nitrogens with one attached hydrogen (secondary N) is 2. The number of H-pyrrole nitrogens is 1. The van der Waals surface area contributed by atoms with Crippen molar-refractivity contribution in [3.63, 3.8) is 0 Å². The highest BCUT2D eigenvalue weighted by molar-refractivity contribution is 5.85. The Balaban J connectivity index is 1.38. The predicted molar refractivity (Wildman–Crippen MR) is 121 cm³/mol. The summed E-state index contributed by atoms with van der Waals surface area (Å²) in [4.78, 5) is 12.0. The summed E-state index contributed by atoms with van der Waals surface area (Å²) in [6.45, 7) is -0.0119. The Bertz CT molecular complexity index is 1420. The van der Waals surface area contributed by atoms with Crippen LogP contribution < -0.4 is 5.32 Å². The molecule has 0 spiro atoms. The molecule has 7 nitrogen and oxygen atoms in total. The zero-order chi connectivity index (χ0) is 23.7. The number of alkyl halides is 3. The number of benzene rings is 1. The van der Waals surface area contributed by atoms with E-state index in [9.17, 15) is 13.2 Å². The van der Waals surface area contributed by atoms with Crippen molar-refractivity contribution in [3.8, 4) is 11.1 Å². The second-order valence-electron chi connectivity index (χ2n) is 7.95.